The number of benzene rings is 2. The lowest BCUT2D eigenvalue weighted by Crippen LogP contribution is -2.43. The molecule has 27 heavy (non-hydrogen) atoms. The molecule has 1 N–H and O–H groups in total. The Labute approximate surface area is 163 Å². The van der Waals surface area contributed by atoms with Gasteiger partial charge in [0.15, 0.2) is 12.1 Å². The van der Waals surface area contributed by atoms with E-state index in [1.54, 1.807) is 48.5 Å². The van der Waals surface area contributed by atoms with Crippen LogP contribution in [0.25, 0.3) is 0 Å². The molecule has 136 valence electrons. The van der Waals surface area contributed by atoms with Crippen LogP contribution in [-0.4, -0.2) is 41.4 Å². The molecule has 2 heterocycles. The molecule has 2 atom stereocenters. The molecule has 0 unspecified atom stereocenters. The smallest absolute Gasteiger partial charge is 0.263 e. The van der Waals surface area contributed by atoms with Crippen molar-refractivity contribution in [2.45, 2.75) is 12.1 Å². The minimum absolute atomic E-state index is 0.174. The number of rotatable bonds is 4. The van der Waals surface area contributed by atoms with Crippen LogP contribution in [0.5, 0.6) is 0 Å². The number of amides is 3. The maximum Gasteiger partial charge on any atom is 0.263 e. The molecule has 4 rings (SSSR count). The second-order valence-electron chi connectivity index (χ2n) is 6.09. The Morgan fingerprint density at radius 1 is 1.04 bits per heavy atom. The van der Waals surface area contributed by atoms with Crippen LogP contribution in [0.2, 0.25) is 0 Å². The second-order valence-corrected chi connectivity index (χ2v) is 7.01. The Morgan fingerprint density at radius 2 is 1.74 bits per heavy atom. The molecule has 0 saturated carbocycles. The summed E-state index contributed by atoms with van der Waals surface area (Å²) in [5, 5.41) is 11.8. The van der Waals surface area contributed by atoms with E-state index in [9.17, 15) is 14.4 Å². The van der Waals surface area contributed by atoms with Gasteiger partial charge in [-0.2, -0.15) is 5.11 Å². The molecular weight excluding hydrogens is 414 g/mol. The van der Waals surface area contributed by atoms with Gasteiger partial charge in [-0.25, -0.2) is 4.90 Å². The van der Waals surface area contributed by atoms with Crippen LogP contribution in [0.4, 0.5) is 11.4 Å². The van der Waals surface area contributed by atoms with Gasteiger partial charge in [-0.1, -0.05) is 39.4 Å². The highest BCUT2D eigenvalue weighted by Crippen LogP contribution is 2.32. The Balaban J connectivity index is 1.49. The van der Waals surface area contributed by atoms with Crippen molar-refractivity contribution < 1.29 is 14.4 Å². The summed E-state index contributed by atoms with van der Waals surface area (Å²) in [6, 6.07) is 14.0. The third-order valence-corrected chi connectivity index (χ3v) is 4.83. The molecule has 9 heteroatoms. The summed E-state index contributed by atoms with van der Waals surface area (Å²) < 4.78 is 0.837. The van der Waals surface area contributed by atoms with E-state index in [2.05, 4.69) is 31.6 Å². The molecule has 2 aromatic rings. The number of halogens is 1. The Kier molecular flexibility index (Phi) is 4.44. The molecule has 0 bridgehead atoms. The average Bonchev–Trinajstić information content (AvgIpc) is 3.17. The third-order valence-electron chi connectivity index (χ3n) is 4.31. The van der Waals surface area contributed by atoms with E-state index in [0.29, 0.717) is 11.4 Å². The summed E-state index contributed by atoms with van der Waals surface area (Å²) in [5.41, 5.74) is 1.10. The Morgan fingerprint density at radius 3 is 2.44 bits per heavy atom. The summed E-state index contributed by atoms with van der Waals surface area (Å²) in [4.78, 5) is 38.8. The minimum atomic E-state index is -0.925. The topological polar surface area (TPSA) is 94.4 Å². The van der Waals surface area contributed by atoms with E-state index in [1.807, 2.05) is 6.07 Å². The molecule has 1 fully saturated rings. The van der Waals surface area contributed by atoms with Gasteiger partial charge < -0.3 is 5.32 Å². The van der Waals surface area contributed by atoms with Gasteiger partial charge in [0.1, 0.15) is 6.54 Å². The number of imide groups is 1. The fourth-order valence-corrected chi connectivity index (χ4v) is 3.33. The summed E-state index contributed by atoms with van der Waals surface area (Å²) >= 11 is 3.32. The van der Waals surface area contributed by atoms with Gasteiger partial charge >= 0.3 is 0 Å². The van der Waals surface area contributed by atoms with Crippen LogP contribution in [0.15, 0.2) is 69.4 Å². The van der Waals surface area contributed by atoms with E-state index in [-0.39, 0.29) is 12.5 Å². The SMILES string of the molecule is O=C(CN1N=N[C@H]2C(=O)N(c3ccc(Br)cc3)C(=O)[C@@H]21)Nc1ccccc1. The highest BCUT2D eigenvalue weighted by atomic mass is 79.9. The Hall–Kier alpha value is -3.07. The summed E-state index contributed by atoms with van der Waals surface area (Å²) in [5.74, 6) is -1.23. The Bertz CT molecular complexity index is 932. The molecule has 0 radical (unpaired) electrons. The molecule has 2 aliphatic rings. The van der Waals surface area contributed by atoms with E-state index in [1.165, 1.54) is 5.01 Å². The molecule has 8 nitrogen and oxygen atoms in total. The molecule has 0 aromatic heterocycles. The predicted octanol–water partition coefficient (Wildman–Crippen LogP) is 2.38. The summed E-state index contributed by atoms with van der Waals surface area (Å²) in [6.45, 7) is -0.174. The zero-order chi connectivity index (χ0) is 19.0. The van der Waals surface area contributed by atoms with Gasteiger partial charge in [-0.05, 0) is 36.4 Å². The number of para-hydroxylation sites is 1. The van der Waals surface area contributed by atoms with Crippen LogP contribution >= 0.6 is 15.9 Å². The standard InChI is InChI=1S/C18H14BrN5O3/c19-11-6-8-13(9-7-11)24-17(26)15-16(18(24)27)23(22-21-15)10-14(25)20-12-4-2-1-3-5-12/h1-9,15-16H,10H2,(H,20,25)/t15-,16-/m1/s1. The van der Waals surface area contributed by atoms with Gasteiger partial charge in [0.25, 0.3) is 11.8 Å². The number of fused-ring (bicyclic) bond motifs is 1. The van der Waals surface area contributed by atoms with Gasteiger partial charge in [0, 0.05) is 10.2 Å². The van der Waals surface area contributed by atoms with E-state index in [4.69, 9.17) is 0 Å². The van der Waals surface area contributed by atoms with Crippen molar-refractivity contribution in [2.75, 3.05) is 16.8 Å². The molecule has 0 aliphatic carbocycles. The molecule has 0 spiro atoms. The number of nitrogens with zero attached hydrogens (tertiary/aromatic N) is 4. The highest BCUT2D eigenvalue weighted by molar-refractivity contribution is 9.10. The van der Waals surface area contributed by atoms with Crippen molar-refractivity contribution in [3.63, 3.8) is 0 Å². The monoisotopic (exact) mass is 427 g/mol. The average molecular weight is 428 g/mol. The molecule has 2 aromatic carbocycles. The van der Waals surface area contributed by atoms with E-state index >= 15 is 0 Å². The zero-order valence-electron chi connectivity index (χ0n) is 13.9. The van der Waals surface area contributed by atoms with Gasteiger partial charge in [-0.15, -0.1) is 0 Å². The first-order valence-electron chi connectivity index (χ1n) is 8.20. The minimum Gasteiger partial charge on any atom is -0.324 e. The van der Waals surface area contributed by atoms with Crippen LogP contribution in [-0.2, 0) is 14.4 Å². The lowest BCUT2D eigenvalue weighted by Gasteiger charge is -2.20. The van der Waals surface area contributed by atoms with Crippen molar-refractivity contribution in [1.82, 2.24) is 5.01 Å². The third kappa shape index (κ3) is 3.21. The van der Waals surface area contributed by atoms with Crippen LogP contribution in [0.3, 0.4) is 0 Å². The van der Waals surface area contributed by atoms with Gasteiger partial charge in [-0.3, -0.25) is 19.4 Å². The lowest BCUT2D eigenvalue weighted by molar-refractivity contribution is -0.123. The van der Waals surface area contributed by atoms with Crippen molar-refractivity contribution in [3.05, 3.63) is 59.1 Å². The largest absolute Gasteiger partial charge is 0.324 e. The molecule has 2 aliphatic heterocycles. The molecule has 1 saturated heterocycles. The zero-order valence-corrected chi connectivity index (χ0v) is 15.5. The second kappa shape index (κ2) is 6.92. The number of carbonyl (C=O) groups excluding carboxylic acids is 3. The summed E-state index contributed by atoms with van der Waals surface area (Å²) in [6.07, 6.45) is 0. The maximum atomic E-state index is 12.8. The van der Waals surface area contributed by atoms with E-state index in [0.717, 1.165) is 9.37 Å². The number of hydrogen-bond acceptors (Lipinski definition) is 6. The van der Waals surface area contributed by atoms with Gasteiger partial charge in [0.05, 0.1) is 5.69 Å². The number of hydrogen-bond donors (Lipinski definition) is 1. The predicted molar refractivity (Wildman–Crippen MR) is 101 cm³/mol. The van der Waals surface area contributed by atoms with Crippen LogP contribution in [0.1, 0.15) is 0 Å². The fraction of sp³-hybridized carbons (Fsp3) is 0.167. The first-order valence-corrected chi connectivity index (χ1v) is 8.99. The molecule has 3 amide bonds. The number of nitrogens with one attached hydrogen (secondary N) is 1. The quantitative estimate of drug-likeness (QED) is 0.757. The maximum absolute atomic E-state index is 12.8. The fourth-order valence-electron chi connectivity index (χ4n) is 3.07. The van der Waals surface area contributed by atoms with Crippen molar-refractivity contribution in [3.8, 4) is 0 Å². The van der Waals surface area contributed by atoms with Crippen molar-refractivity contribution in [1.29, 1.82) is 0 Å². The van der Waals surface area contributed by atoms with Crippen LogP contribution < -0.4 is 10.2 Å². The lowest BCUT2D eigenvalue weighted by atomic mass is 10.1. The molecular formula is C18H14BrN5O3. The van der Waals surface area contributed by atoms with Crippen molar-refractivity contribution in [2.24, 2.45) is 10.3 Å². The number of carbonyl (C=O) groups is 3. The van der Waals surface area contributed by atoms with Crippen LogP contribution in [0, 0.1) is 0 Å². The normalized spacial score (nSPS) is 20.9. The highest BCUT2D eigenvalue weighted by Gasteiger charge is 2.55. The first kappa shape index (κ1) is 17.3. The number of anilines is 2. The van der Waals surface area contributed by atoms with Gasteiger partial charge in [0.2, 0.25) is 5.91 Å². The first-order chi connectivity index (χ1) is 13.0. The van der Waals surface area contributed by atoms with E-state index < -0.39 is 23.9 Å². The summed E-state index contributed by atoms with van der Waals surface area (Å²) in [7, 11) is 0. The van der Waals surface area contributed by atoms with Crippen molar-refractivity contribution >= 4 is 45.0 Å².